The maximum Gasteiger partial charge on any atom is 0.146 e. The van der Waals surface area contributed by atoms with Crippen LogP contribution in [0.5, 0.6) is 0 Å². The van der Waals surface area contributed by atoms with Crippen molar-refractivity contribution in [2.24, 2.45) is 5.92 Å². The first-order chi connectivity index (χ1) is 11.2. The quantitative estimate of drug-likeness (QED) is 0.562. The second kappa shape index (κ2) is 7.32. The van der Waals surface area contributed by atoms with Gasteiger partial charge >= 0.3 is 0 Å². The molecule has 0 radical (unpaired) electrons. The normalized spacial score (nSPS) is 20.6. The Labute approximate surface area is 139 Å². The van der Waals surface area contributed by atoms with Crippen molar-refractivity contribution in [1.82, 2.24) is 0 Å². The van der Waals surface area contributed by atoms with Gasteiger partial charge in [-0.25, -0.2) is 0 Å². The van der Waals surface area contributed by atoms with E-state index in [1.54, 1.807) is 0 Å². The third-order valence-electron chi connectivity index (χ3n) is 4.79. The molecule has 1 atom stereocenters. The summed E-state index contributed by atoms with van der Waals surface area (Å²) in [5.74, 6) is 0.767. The summed E-state index contributed by atoms with van der Waals surface area (Å²) in [6.07, 6.45) is 7.86. The van der Waals surface area contributed by atoms with E-state index in [1.807, 2.05) is 60.7 Å². The molecule has 1 fully saturated rings. The van der Waals surface area contributed by atoms with Gasteiger partial charge in [0.15, 0.2) is 0 Å². The molecule has 0 spiro atoms. The molecule has 23 heavy (non-hydrogen) atoms. The maximum absolute atomic E-state index is 13.9. The van der Waals surface area contributed by atoms with Gasteiger partial charge in [-0.05, 0) is 25.2 Å². The second-order valence-electron chi connectivity index (χ2n) is 6.66. The van der Waals surface area contributed by atoms with Crippen LogP contribution in [0.2, 0.25) is 0 Å². The summed E-state index contributed by atoms with van der Waals surface area (Å²) >= 11 is 0. The fourth-order valence-electron chi connectivity index (χ4n) is 3.47. The average molecular weight is 324 g/mol. The van der Waals surface area contributed by atoms with E-state index in [9.17, 15) is 4.57 Å². The van der Waals surface area contributed by atoms with Crippen LogP contribution in [0, 0.1) is 5.92 Å². The molecule has 1 unspecified atom stereocenters. The van der Waals surface area contributed by atoms with Gasteiger partial charge in [0.2, 0.25) is 0 Å². The van der Waals surface area contributed by atoms with Crippen LogP contribution in [0.15, 0.2) is 72.3 Å². The lowest BCUT2D eigenvalue weighted by Crippen LogP contribution is -2.18. The van der Waals surface area contributed by atoms with Crippen molar-refractivity contribution >= 4 is 17.8 Å². The zero-order chi connectivity index (χ0) is 16.1. The third kappa shape index (κ3) is 3.85. The van der Waals surface area contributed by atoms with Gasteiger partial charge in [-0.3, -0.25) is 0 Å². The van der Waals surface area contributed by atoms with E-state index in [4.69, 9.17) is 0 Å². The Morgan fingerprint density at radius 2 is 1.57 bits per heavy atom. The largest absolute Gasteiger partial charge is 0.313 e. The lowest BCUT2D eigenvalue weighted by molar-refractivity contribution is 0.452. The minimum atomic E-state index is -2.59. The van der Waals surface area contributed by atoms with Gasteiger partial charge in [0.05, 0.1) is 0 Å². The van der Waals surface area contributed by atoms with Gasteiger partial charge in [0.1, 0.15) is 7.14 Å². The molecule has 0 bridgehead atoms. The van der Waals surface area contributed by atoms with Gasteiger partial charge in [-0.15, -0.1) is 0 Å². The van der Waals surface area contributed by atoms with Crippen molar-refractivity contribution in [2.45, 2.75) is 32.6 Å². The van der Waals surface area contributed by atoms with Crippen molar-refractivity contribution in [3.8, 4) is 0 Å². The first kappa shape index (κ1) is 16.3. The van der Waals surface area contributed by atoms with E-state index in [-0.39, 0.29) is 0 Å². The molecule has 2 aromatic rings. The highest BCUT2D eigenvalue weighted by atomic mass is 31.2. The van der Waals surface area contributed by atoms with Gasteiger partial charge in [0.25, 0.3) is 0 Å². The van der Waals surface area contributed by atoms with E-state index in [0.29, 0.717) is 6.16 Å². The summed E-state index contributed by atoms with van der Waals surface area (Å²) in [5, 5.41) is 1.93. The molecule has 2 aromatic carbocycles. The Bertz CT molecular complexity index is 660. The highest BCUT2D eigenvalue weighted by Gasteiger charge is 2.26. The van der Waals surface area contributed by atoms with Crippen LogP contribution >= 0.6 is 7.14 Å². The number of benzene rings is 2. The van der Waals surface area contributed by atoms with E-state index in [1.165, 1.54) is 31.3 Å². The lowest BCUT2D eigenvalue weighted by atomic mass is 9.87. The summed E-state index contributed by atoms with van der Waals surface area (Å²) in [6.45, 7) is 2.32. The highest BCUT2D eigenvalue weighted by Crippen LogP contribution is 2.44. The van der Waals surface area contributed by atoms with Crippen molar-refractivity contribution in [3.05, 3.63) is 72.3 Å². The molecule has 1 saturated carbocycles. The molecular weight excluding hydrogens is 299 g/mol. The minimum absolute atomic E-state index is 0.642. The van der Waals surface area contributed by atoms with E-state index in [2.05, 4.69) is 13.0 Å². The molecule has 2 heteroatoms. The standard InChI is InChI=1S/C21H25OP/c1-18-9-8-10-19(17-18)15-16-23(22,20-11-4-2-5-12-20)21-13-6-3-7-14-21/h2-7,11-15,18H,8-10,16-17H2,1H3. The van der Waals surface area contributed by atoms with Gasteiger partial charge in [-0.2, -0.15) is 0 Å². The van der Waals surface area contributed by atoms with Gasteiger partial charge in [0, 0.05) is 16.8 Å². The molecular formula is C21H25OP. The zero-order valence-electron chi connectivity index (χ0n) is 13.8. The smallest absolute Gasteiger partial charge is 0.146 e. The monoisotopic (exact) mass is 324 g/mol. The molecule has 0 N–H and O–H groups in total. The van der Waals surface area contributed by atoms with Crippen molar-refractivity contribution in [1.29, 1.82) is 0 Å². The van der Waals surface area contributed by atoms with Crippen molar-refractivity contribution in [2.75, 3.05) is 6.16 Å². The predicted octanol–water partition coefficient (Wildman–Crippen LogP) is 5.14. The van der Waals surface area contributed by atoms with Crippen LogP contribution in [0.1, 0.15) is 32.6 Å². The predicted molar refractivity (Wildman–Crippen MR) is 100 cm³/mol. The summed E-state index contributed by atoms with van der Waals surface area (Å²) in [5.41, 5.74) is 1.50. The topological polar surface area (TPSA) is 17.1 Å². The Morgan fingerprint density at radius 1 is 1.00 bits per heavy atom. The van der Waals surface area contributed by atoms with E-state index in [0.717, 1.165) is 16.5 Å². The summed E-state index contributed by atoms with van der Waals surface area (Å²) in [6, 6.07) is 20.0. The highest BCUT2D eigenvalue weighted by molar-refractivity contribution is 7.78. The summed E-state index contributed by atoms with van der Waals surface area (Å²) in [4.78, 5) is 0. The number of rotatable bonds is 4. The average Bonchev–Trinajstić information content (AvgIpc) is 2.61. The molecule has 1 aliphatic carbocycles. The van der Waals surface area contributed by atoms with Crippen molar-refractivity contribution in [3.63, 3.8) is 0 Å². The Kier molecular flexibility index (Phi) is 5.18. The van der Waals surface area contributed by atoms with Crippen LogP contribution in [0.4, 0.5) is 0 Å². The van der Waals surface area contributed by atoms with Crippen LogP contribution in [0.25, 0.3) is 0 Å². The van der Waals surface area contributed by atoms with E-state index < -0.39 is 7.14 Å². The maximum atomic E-state index is 13.9. The third-order valence-corrected chi connectivity index (χ3v) is 7.75. The molecule has 0 aliphatic heterocycles. The summed E-state index contributed by atoms with van der Waals surface area (Å²) < 4.78 is 13.9. The Hall–Kier alpha value is -1.59. The van der Waals surface area contributed by atoms with Crippen LogP contribution in [-0.4, -0.2) is 6.16 Å². The summed E-state index contributed by atoms with van der Waals surface area (Å²) in [7, 11) is -2.59. The molecule has 0 saturated heterocycles. The lowest BCUT2D eigenvalue weighted by Gasteiger charge is -2.22. The van der Waals surface area contributed by atoms with Gasteiger partial charge < -0.3 is 4.57 Å². The first-order valence-electron chi connectivity index (χ1n) is 8.57. The fraction of sp³-hybridized carbons (Fsp3) is 0.333. The SMILES string of the molecule is CC1CCCC(=CCP(=O)(c2ccccc2)c2ccccc2)C1. The number of hydrogen-bond acceptors (Lipinski definition) is 1. The second-order valence-corrected chi connectivity index (χ2v) is 9.53. The van der Waals surface area contributed by atoms with Crippen LogP contribution in [0.3, 0.4) is 0 Å². The molecule has 1 aliphatic rings. The Balaban J connectivity index is 1.93. The Morgan fingerprint density at radius 3 is 2.09 bits per heavy atom. The zero-order valence-corrected chi connectivity index (χ0v) is 14.7. The molecule has 0 amide bonds. The molecule has 0 heterocycles. The minimum Gasteiger partial charge on any atom is -0.313 e. The molecule has 3 rings (SSSR count). The number of hydrogen-bond donors (Lipinski definition) is 0. The van der Waals surface area contributed by atoms with Crippen molar-refractivity contribution < 1.29 is 4.57 Å². The van der Waals surface area contributed by atoms with E-state index >= 15 is 0 Å². The van der Waals surface area contributed by atoms with Crippen LogP contribution < -0.4 is 10.6 Å². The van der Waals surface area contributed by atoms with Crippen LogP contribution in [-0.2, 0) is 4.57 Å². The van der Waals surface area contributed by atoms with Gasteiger partial charge in [-0.1, -0.05) is 85.7 Å². The number of allylic oxidation sites excluding steroid dienone is 2. The first-order valence-corrected chi connectivity index (χ1v) is 10.5. The fourth-order valence-corrected chi connectivity index (χ4v) is 6.01. The molecule has 0 aromatic heterocycles. The molecule has 1 nitrogen and oxygen atoms in total. The molecule has 120 valence electrons.